The molecule has 1 nitrogen and oxygen atoms in total. The van der Waals surface area contributed by atoms with Gasteiger partial charge in [-0.25, -0.2) is 0 Å². The average molecular weight is 878 g/mol. The van der Waals surface area contributed by atoms with Gasteiger partial charge < -0.3 is 4.90 Å². The number of rotatable bonds is 5. The van der Waals surface area contributed by atoms with Crippen molar-refractivity contribution in [2.45, 2.75) is 28.0 Å². The van der Waals surface area contributed by atoms with E-state index in [2.05, 4.69) is 241 Å². The topological polar surface area (TPSA) is 3.24 Å². The highest BCUT2D eigenvalue weighted by Gasteiger charge is 2.46. The summed E-state index contributed by atoms with van der Waals surface area (Å²) in [5.41, 5.74) is 18.6. The van der Waals surface area contributed by atoms with Crippen LogP contribution < -0.4 is 4.90 Å². The zero-order chi connectivity index (χ0) is 43.6. The summed E-state index contributed by atoms with van der Waals surface area (Å²) in [4.78, 5) is 5.13. The minimum absolute atomic E-state index is 0.525. The molecule has 0 saturated carbocycles. The second kappa shape index (κ2) is 15.9. The second-order valence-corrected chi connectivity index (χ2v) is 19.7. The first-order chi connectivity index (χ1) is 32.7. The van der Waals surface area contributed by atoms with Crippen molar-refractivity contribution in [2.75, 3.05) is 4.90 Å². The van der Waals surface area contributed by atoms with Gasteiger partial charge in [0.25, 0.3) is 0 Å². The van der Waals surface area contributed by atoms with E-state index in [9.17, 15) is 0 Å². The maximum absolute atomic E-state index is 2.55. The largest absolute Gasteiger partial charge is 0.310 e. The number of hydrogen-bond donors (Lipinski definition) is 0. The Hall–Kier alpha value is -7.43. The van der Waals surface area contributed by atoms with E-state index in [4.69, 9.17) is 0 Å². The molecule has 0 spiro atoms. The van der Waals surface area contributed by atoms with Gasteiger partial charge in [-0.2, -0.15) is 0 Å². The number of nitrogens with zero attached hydrogens (tertiary/aromatic N) is 1. The smallest absolute Gasteiger partial charge is 0.0714 e. The fourth-order valence-corrected chi connectivity index (χ4v) is 13.2. The number of benzene rings is 10. The van der Waals surface area contributed by atoms with Crippen LogP contribution in [0.4, 0.5) is 17.1 Å². The van der Waals surface area contributed by atoms with Crippen molar-refractivity contribution in [1.82, 2.24) is 0 Å². The number of thiophene rings is 1. The molecule has 10 aromatic carbocycles. The molecule has 0 bridgehead atoms. The van der Waals surface area contributed by atoms with Gasteiger partial charge in [0, 0.05) is 41.3 Å². The van der Waals surface area contributed by atoms with Gasteiger partial charge in [-0.3, -0.25) is 0 Å². The van der Waals surface area contributed by atoms with Gasteiger partial charge in [0.2, 0.25) is 0 Å². The summed E-state index contributed by atoms with van der Waals surface area (Å²) in [7, 11) is 0. The fraction of sp³-hybridized carbons (Fsp3) is 0.0476. The van der Waals surface area contributed by atoms with Gasteiger partial charge in [0.05, 0.1) is 11.1 Å². The first kappa shape index (κ1) is 39.0. The first-order valence-corrected chi connectivity index (χ1v) is 24.5. The van der Waals surface area contributed by atoms with Gasteiger partial charge >= 0.3 is 0 Å². The Morgan fingerprint density at radius 2 is 0.909 bits per heavy atom. The third-order valence-electron chi connectivity index (χ3n) is 13.9. The molecule has 0 fully saturated rings. The van der Waals surface area contributed by atoms with E-state index < -0.39 is 5.41 Å². The summed E-state index contributed by atoms with van der Waals surface area (Å²) in [6, 6.07) is 88.6. The maximum Gasteiger partial charge on any atom is 0.0714 e. The first-order valence-electron chi connectivity index (χ1n) is 22.8. The lowest BCUT2D eigenvalue weighted by molar-refractivity contribution is 0.768. The predicted octanol–water partition coefficient (Wildman–Crippen LogP) is 17.2. The summed E-state index contributed by atoms with van der Waals surface area (Å²) in [6.07, 6.45) is 1.68. The molecule has 1 aliphatic carbocycles. The normalized spacial score (nSPS) is 13.4. The van der Waals surface area contributed by atoms with Crippen LogP contribution in [0.1, 0.15) is 44.5 Å². The van der Waals surface area contributed by atoms with Crippen LogP contribution in [0, 0.1) is 0 Å². The minimum Gasteiger partial charge on any atom is -0.310 e. The van der Waals surface area contributed by atoms with Crippen molar-refractivity contribution in [1.29, 1.82) is 0 Å². The summed E-state index contributed by atoms with van der Waals surface area (Å²) < 4.78 is 2.58. The molecule has 0 radical (unpaired) electrons. The van der Waals surface area contributed by atoms with Crippen LogP contribution in [0.15, 0.2) is 246 Å². The van der Waals surface area contributed by atoms with E-state index in [1.807, 2.05) is 23.1 Å². The Balaban J connectivity index is 1.08. The standard InChI is InChI=1S/C63H43NS2/c1-3-21-46(22-4-1)63(47-23-5-2-6-24-47)55-29-14-12-27-52(55)53-36-34-49(41-56(53)63)64(57-30-17-33-61-62(57)54-28-13-16-32-60(54)66-61)48-35-37-59-45(40-48)39-43-19-8-11-26-51(43)50-25-10-7-18-42(50)38-44-20-9-15-31-58(44)65-59/h1-37,40-41H,38-39H2. The molecule has 3 heteroatoms. The molecule has 1 aromatic heterocycles. The highest BCUT2D eigenvalue weighted by Crippen LogP contribution is 2.58. The molecule has 2 aliphatic rings. The van der Waals surface area contributed by atoms with E-state index in [-0.39, 0.29) is 0 Å². The maximum atomic E-state index is 2.55. The highest BCUT2D eigenvalue weighted by molar-refractivity contribution is 7.99. The van der Waals surface area contributed by atoms with Crippen LogP contribution in [0.25, 0.3) is 42.4 Å². The van der Waals surface area contributed by atoms with Gasteiger partial charge in [0.15, 0.2) is 0 Å². The molecule has 2 heterocycles. The lowest BCUT2D eigenvalue weighted by Crippen LogP contribution is -2.28. The molecular formula is C63H43NS2. The Morgan fingerprint density at radius 3 is 1.67 bits per heavy atom. The average Bonchev–Trinajstić information content (AvgIpc) is 3.90. The third kappa shape index (κ3) is 6.22. The Morgan fingerprint density at radius 1 is 0.364 bits per heavy atom. The molecular weight excluding hydrogens is 835 g/mol. The lowest BCUT2D eigenvalue weighted by Gasteiger charge is -2.35. The van der Waals surface area contributed by atoms with Crippen molar-refractivity contribution in [3.8, 4) is 22.3 Å². The van der Waals surface area contributed by atoms with Crippen molar-refractivity contribution >= 4 is 60.3 Å². The molecule has 0 amide bonds. The van der Waals surface area contributed by atoms with Crippen molar-refractivity contribution in [2.24, 2.45) is 0 Å². The number of fused-ring (bicyclic) bond motifs is 11. The number of hydrogen-bond acceptors (Lipinski definition) is 3. The van der Waals surface area contributed by atoms with Crippen LogP contribution in [-0.2, 0) is 18.3 Å². The zero-order valence-electron chi connectivity index (χ0n) is 36.2. The SMILES string of the molecule is c1ccc(C2(c3ccccc3)c3ccccc3-c3ccc(N(c4ccc5c(c4)Cc4ccccc4-c4ccccc4Cc4ccccc4S5)c4cccc5sc6ccccc6c45)cc32)cc1. The molecule has 0 unspecified atom stereocenters. The Kier molecular flexibility index (Phi) is 9.40. The summed E-state index contributed by atoms with van der Waals surface area (Å²) in [5.74, 6) is 0. The fourth-order valence-electron chi connectivity index (χ4n) is 11.0. The van der Waals surface area contributed by atoms with Gasteiger partial charge in [-0.15, -0.1) is 11.3 Å². The molecule has 0 saturated heterocycles. The van der Waals surface area contributed by atoms with Crippen LogP contribution in [0.5, 0.6) is 0 Å². The van der Waals surface area contributed by atoms with E-state index in [0.29, 0.717) is 0 Å². The van der Waals surface area contributed by atoms with Crippen LogP contribution >= 0.6 is 23.1 Å². The van der Waals surface area contributed by atoms with Crippen LogP contribution in [0.2, 0.25) is 0 Å². The van der Waals surface area contributed by atoms with Crippen molar-refractivity contribution < 1.29 is 0 Å². The molecule has 1 aliphatic heterocycles. The molecule has 11 aromatic rings. The van der Waals surface area contributed by atoms with Gasteiger partial charge in [0.1, 0.15) is 0 Å². The van der Waals surface area contributed by atoms with Gasteiger partial charge in [-0.1, -0.05) is 194 Å². The van der Waals surface area contributed by atoms with E-state index in [1.165, 1.54) is 102 Å². The second-order valence-electron chi connectivity index (χ2n) is 17.5. The predicted molar refractivity (Wildman–Crippen MR) is 279 cm³/mol. The third-order valence-corrected chi connectivity index (χ3v) is 16.3. The monoisotopic (exact) mass is 877 g/mol. The van der Waals surface area contributed by atoms with Crippen LogP contribution in [0.3, 0.4) is 0 Å². The molecule has 312 valence electrons. The summed E-state index contributed by atoms with van der Waals surface area (Å²) >= 11 is 3.78. The minimum atomic E-state index is -0.525. The summed E-state index contributed by atoms with van der Waals surface area (Å²) in [6.45, 7) is 0. The van der Waals surface area contributed by atoms with E-state index in [0.717, 1.165) is 24.2 Å². The van der Waals surface area contributed by atoms with Crippen molar-refractivity contribution in [3.05, 3.63) is 281 Å². The highest BCUT2D eigenvalue weighted by atomic mass is 32.2. The quantitative estimate of drug-likeness (QED) is 0.169. The van der Waals surface area contributed by atoms with Gasteiger partial charge in [-0.05, 0) is 134 Å². The number of anilines is 3. The van der Waals surface area contributed by atoms with Crippen LogP contribution in [-0.4, -0.2) is 0 Å². The molecule has 0 atom stereocenters. The zero-order valence-corrected chi connectivity index (χ0v) is 37.8. The summed E-state index contributed by atoms with van der Waals surface area (Å²) in [5, 5.41) is 2.56. The molecule has 0 N–H and O–H groups in total. The Labute approximate surface area is 394 Å². The Bertz CT molecular complexity index is 3600. The van der Waals surface area contributed by atoms with E-state index in [1.54, 1.807) is 0 Å². The molecule has 13 rings (SSSR count). The van der Waals surface area contributed by atoms with E-state index >= 15 is 0 Å². The lowest BCUT2D eigenvalue weighted by atomic mass is 9.67. The van der Waals surface area contributed by atoms with Crippen molar-refractivity contribution in [3.63, 3.8) is 0 Å². The molecule has 66 heavy (non-hydrogen) atoms.